The maximum absolute atomic E-state index is 6.02. The predicted molar refractivity (Wildman–Crippen MR) is 124 cm³/mol. The number of rotatable bonds is 6. The van der Waals surface area contributed by atoms with E-state index in [1.165, 1.54) is 11.1 Å². The number of benzene rings is 2. The number of morpholine rings is 1. The van der Waals surface area contributed by atoms with Crippen LogP contribution in [-0.4, -0.2) is 53.4 Å². The Hall–Kier alpha value is -3.12. The molecule has 0 saturated carbocycles. The molecule has 1 aliphatic rings. The van der Waals surface area contributed by atoms with Gasteiger partial charge >= 0.3 is 0 Å². The average molecular weight is 418 g/mol. The number of nitrogens with zero attached hydrogens (tertiary/aromatic N) is 4. The summed E-state index contributed by atoms with van der Waals surface area (Å²) in [6, 6.07) is 21.3. The molecule has 2 heterocycles. The van der Waals surface area contributed by atoms with Crippen LogP contribution in [0.5, 0.6) is 0 Å². The third-order valence-electron chi connectivity index (χ3n) is 5.63. The van der Waals surface area contributed by atoms with Crippen molar-refractivity contribution < 1.29 is 4.74 Å². The number of hydrogen-bond donors (Lipinski definition) is 1. The van der Waals surface area contributed by atoms with Gasteiger partial charge in [-0.25, -0.2) is 0 Å². The molecule has 1 atom stereocenters. The summed E-state index contributed by atoms with van der Waals surface area (Å²) in [5, 5.41) is 7.78. The third-order valence-corrected chi connectivity index (χ3v) is 5.63. The maximum atomic E-state index is 6.02. The summed E-state index contributed by atoms with van der Waals surface area (Å²) < 4.78 is 7.84. The second-order valence-corrected chi connectivity index (χ2v) is 7.82. The van der Waals surface area contributed by atoms with E-state index in [0.717, 1.165) is 31.2 Å². The van der Waals surface area contributed by atoms with E-state index in [-0.39, 0.29) is 12.0 Å². The van der Waals surface area contributed by atoms with Crippen molar-refractivity contribution in [3.63, 3.8) is 0 Å². The molecule has 1 aromatic heterocycles. The normalized spacial score (nSPS) is 17.2. The first-order chi connectivity index (χ1) is 15.2. The lowest BCUT2D eigenvalue weighted by Crippen LogP contribution is -2.48. The van der Waals surface area contributed by atoms with Gasteiger partial charge in [0.05, 0.1) is 25.9 Å². The quantitative estimate of drug-likeness (QED) is 0.492. The van der Waals surface area contributed by atoms with E-state index in [0.29, 0.717) is 13.2 Å². The summed E-state index contributed by atoms with van der Waals surface area (Å²) >= 11 is 0. The molecule has 0 bridgehead atoms. The molecule has 0 spiro atoms. The number of aliphatic imine (C=N–C) groups is 1. The van der Waals surface area contributed by atoms with Gasteiger partial charge in [0.2, 0.25) is 0 Å². The molecule has 1 aliphatic heterocycles. The molecule has 0 amide bonds. The highest BCUT2D eigenvalue weighted by Gasteiger charge is 2.25. The highest BCUT2D eigenvalue weighted by atomic mass is 16.5. The van der Waals surface area contributed by atoms with Gasteiger partial charge in [-0.1, -0.05) is 60.7 Å². The van der Waals surface area contributed by atoms with Crippen LogP contribution in [0, 0.1) is 0 Å². The second-order valence-electron chi connectivity index (χ2n) is 7.82. The molecule has 1 saturated heterocycles. The lowest BCUT2D eigenvalue weighted by atomic mass is 9.91. The molecule has 6 heteroatoms. The first-order valence-electron chi connectivity index (χ1n) is 11.0. The predicted octanol–water partition coefficient (Wildman–Crippen LogP) is 3.59. The zero-order valence-corrected chi connectivity index (χ0v) is 18.3. The van der Waals surface area contributed by atoms with Crippen LogP contribution >= 0.6 is 0 Å². The summed E-state index contributed by atoms with van der Waals surface area (Å²) in [5.74, 6) is 1.16. The molecule has 162 valence electrons. The van der Waals surface area contributed by atoms with Gasteiger partial charge in [-0.05, 0) is 18.1 Å². The Kier molecular flexibility index (Phi) is 6.99. The Bertz CT molecular complexity index is 930. The maximum Gasteiger partial charge on any atom is 0.194 e. The highest BCUT2D eigenvalue weighted by molar-refractivity contribution is 5.80. The van der Waals surface area contributed by atoms with Crippen LogP contribution in [0.3, 0.4) is 0 Å². The first-order valence-corrected chi connectivity index (χ1v) is 11.0. The van der Waals surface area contributed by atoms with Gasteiger partial charge in [-0.3, -0.25) is 9.67 Å². The molecule has 6 nitrogen and oxygen atoms in total. The van der Waals surface area contributed by atoms with Crippen LogP contribution in [0.1, 0.15) is 35.6 Å². The van der Waals surface area contributed by atoms with Crippen molar-refractivity contribution in [1.82, 2.24) is 20.0 Å². The fourth-order valence-electron chi connectivity index (χ4n) is 4.03. The number of nitrogens with one attached hydrogen (secondary N) is 1. The van der Waals surface area contributed by atoms with Crippen LogP contribution in [0.2, 0.25) is 0 Å². The highest BCUT2D eigenvalue weighted by Crippen LogP contribution is 2.26. The minimum atomic E-state index is 0.00495. The van der Waals surface area contributed by atoms with Gasteiger partial charge < -0.3 is 15.0 Å². The van der Waals surface area contributed by atoms with Crippen LogP contribution in [0.15, 0.2) is 78.0 Å². The smallest absolute Gasteiger partial charge is 0.194 e. The van der Waals surface area contributed by atoms with E-state index in [1.54, 1.807) is 0 Å². The fraction of sp³-hybridized carbons (Fsp3) is 0.360. The van der Waals surface area contributed by atoms with E-state index in [4.69, 9.17) is 9.73 Å². The van der Waals surface area contributed by atoms with Crippen molar-refractivity contribution in [3.8, 4) is 0 Å². The van der Waals surface area contributed by atoms with Crippen molar-refractivity contribution in [2.24, 2.45) is 12.0 Å². The van der Waals surface area contributed by atoms with E-state index in [9.17, 15) is 0 Å². The zero-order chi connectivity index (χ0) is 21.5. The van der Waals surface area contributed by atoms with Crippen LogP contribution in [0.4, 0.5) is 0 Å². The Morgan fingerprint density at radius 3 is 2.39 bits per heavy atom. The summed E-state index contributed by atoms with van der Waals surface area (Å²) in [6.45, 7) is 5.88. The zero-order valence-electron chi connectivity index (χ0n) is 18.3. The van der Waals surface area contributed by atoms with Gasteiger partial charge in [0.25, 0.3) is 0 Å². The van der Waals surface area contributed by atoms with Gasteiger partial charge in [0, 0.05) is 37.8 Å². The molecule has 4 rings (SSSR count). The number of guanidine groups is 1. The molecule has 3 aromatic rings. The number of aromatic nitrogens is 2. The topological polar surface area (TPSA) is 54.7 Å². The minimum absolute atomic E-state index is 0.00495. The van der Waals surface area contributed by atoms with E-state index >= 15 is 0 Å². The Labute approximate surface area is 184 Å². The van der Waals surface area contributed by atoms with Gasteiger partial charge in [0.1, 0.15) is 6.10 Å². The third kappa shape index (κ3) is 5.33. The van der Waals surface area contributed by atoms with Crippen molar-refractivity contribution in [2.45, 2.75) is 18.9 Å². The number of aryl methyl sites for hydroxylation is 1. The van der Waals surface area contributed by atoms with Crippen LogP contribution in [-0.2, 0) is 11.8 Å². The van der Waals surface area contributed by atoms with E-state index < -0.39 is 0 Å². The van der Waals surface area contributed by atoms with Gasteiger partial charge in [-0.2, -0.15) is 5.10 Å². The minimum Gasteiger partial charge on any atom is -0.370 e. The van der Waals surface area contributed by atoms with Gasteiger partial charge in [-0.15, -0.1) is 0 Å². The van der Waals surface area contributed by atoms with Crippen LogP contribution < -0.4 is 5.32 Å². The summed E-state index contributed by atoms with van der Waals surface area (Å²) in [5.41, 5.74) is 3.67. The molecular weight excluding hydrogens is 386 g/mol. The summed E-state index contributed by atoms with van der Waals surface area (Å²) in [7, 11) is 1.93. The molecular formula is C25H31N5O. The first kappa shape index (κ1) is 21.1. The van der Waals surface area contributed by atoms with Crippen molar-refractivity contribution in [2.75, 3.05) is 32.8 Å². The van der Waals surface area contributed by atoms with Crippen LogP contribution in [0.25, 0.3) is 0 Å². The molecule has 1 unspecified atom stereocenters. The standard InChI is InChI=1S/C25H31N5O/c1-3-26-25(30-14-15-31-24(19-30)22-16-28-29(2)18-22)27-17-23(20-10-6-4-7-11-20)21-12-8-5-9-13-21/h4-13,16,18,23-24H,3,14-15,17,19H2,1-2H3,(H,26,27). The lowest BCUT2D eigenvalue weighted by Gasteiger charge is -2.35. The molecule has 2 aromatic carbocycles. The largest absolute Gasteiger partial charge is 0.370 e. The molecule has 0 radical (unpaired) electrons. The molecule has 0 aliphatic carbocycles. The second kappa shape index (κ2) is 10.3. The Morgan fingerprint density at radius 1 is 1.13 bits per heavy atom. The number of ether oxygens (including phenoxy) is 1. The van der Waals surface area contributed by atoms with E-state index in [1.807, 2.05) is 24.1 Å². The van der Waals surface area contributed by atoms with Crippen molar-refractivity contribution in [1.29, 1.82) is 0 Å². The lowest BCUT2D eigenvalue weighted by molar-refractivity contribution is -0.00804. The molecule has 1 N–H and O–H groups in total. The molecule has 1 fully saturated rings. The van der Waals surface area contributed by atoms with E-state index in [2.05, 4.69) is 82.9 Å². The Balaban J connectivity index is 1.55. The molecule has 31 heavy (non-hydrogen) atoms. The summed E-state index contributed by atoms with van der Waals surface area (Å²) in [6.07, 6.45) is 3.92. The van der Waals surface area contributed by atoms with Crippen molar-refractivity contribution in [3.05, 3.63) is 89.7 Å². The Morgan fingerprint density at radius 2 is 1.81 bits per heavy atom. The fourth-order valence-corrected chi connectivity index (χ4v) is 4.03. The average Bonchev–Trinajstić information content (AvgIpc) is 3.26. The van der Waals surface area contributed by atoms with Gasteiger partial charge in [0.15, 0.2) is 5.96 Å². The number of hydrogen-bond acceptors (Lipinski definition) is 3. The summed E-state index contributed by atoms with van der Waals surface area (Å²) in [4.78, 5) is 7.38. The van der Waals surface area contributed by atoms with Crippen molar-refractivity contribution >= 4 is 5.96 Å². The SMILES string of the molecule is CCNC(=NCC(c1ccccc1)c1ccccc1)N1CCOC(c2cnn(C)c2)C1. The monoisotopic (exact) mass is 417 g/mol.